The van der Waals surface area contributed by atoms with Crippen molar-refractivity contribution in [2.75, 3.05) is 20.1 Å². The molecule has 1 unspecified atom stereocenters. The van der Waals surface area contributed by atoms with Gasteiger partial charge in [-0.2, -0.15) is 0 Å². The van der Waals surface area contributed by atoms with Gasteiger partial charge >= 0.3 is 0 Å². The van der Waals surface area contributed by atoms with Gasteiger partial charge in [-0.1, -0.05) is 12.1 Å². The summed E-state index contributed by atoms with van der Waals surface area (Å²) in [5, 5.41) is 2.37. The van der Waals surface area contributed by atoms with Gasteiger partial charge in [0.2, 0.25) is 11.7 Å². The van der Waals surface area contributed by atoms with Crippen LogP contribution in [-0.2, 0) is 9.53 Å². The lowest BCUT2D eigenvalue weighted by atomic mass is 10.1. The number of rotatable bonds is 6. The number of halogens is 1. The Bertz CT molecular complexity index is 436. The summed E-state index contributed by atoms with van der Waals surface area (Å²) in [6.07, 6.45) is -1.05. The molecule has 0 aliphatic heterocycles. The Morgan fingerprint density at radius 1 is 1.39 bits per heavy atom. The Morgan fingerprint density at radius 2 is 2.11 bits per heavy atom. The summed E-state index contributed by atoms with van der Waals surface area (Å²) in [6, 6.07) is 6.59. The second kappa shape index (κ2) is 6.98. The van der Waals surface area contributed by atoms with Gasteiger partial charge in [0.15, 0.2) is 6.23 Å². The lowest BCUT2D eigenvalue weighted by molar-refractivity contribution is -0.121. The number of ether oxygens (including phenoxy) is 2. The minimum Gasteiger partial charge on any atom is -0.497 e. The molecule has 1 atom stereocenters. The summed E-state index contributed by atoms with van der Waals surface area (Å²) in [4.78, 5) is 23.2. The van der Waals surface area contributed by atoms with Gasteiger partial charge in [0.1, 0.15) is 11.6 Å². The van der Waals surface area contributed by atoms with Crippen LogP contribution in [0.4, 0.5) is 0 Å². The average molecular weight is 272 g/mol. The molecule has 0 aliphatic carbocycles. The molecule has 0 radical (unpaired) electrons. The van der Waals surface area contributed by atoms with Crippen molar-refractivity contribution in [3.8, 4) is 5.75 Å². The highest BCUT2D eigenvalue weighted by Crippen LogP contribution is 2.14. The number of methoxy groups -OCH3 is 2. The number of hydrogen-bond acceptors (Lipinski definition) is 4. The van der Waals surface area contributed by atoms with Crippen molar-refractivity contribution in [3.63, 3.8) is 0 Å². The van der Waals surface area contributed by atoms with Gasteiger partial charge in [0, 0.05) is 12.7 Å². The standard InChI is InChI=1S/C12H14ClNO4/c1-17-9-5-3-4-8(6-9)11(16)12(18-2)14-10(15)7-13/h3-6,12H,7H2,1-2H3,(H,14,15). The second-order valence-electron chi connectivity index (χ2n) is 3.41. The normalized spacial score (nSPS) is 11.7. The third-order valence-corrected chi connectivity index (χ3v) is 2.48. The van der Waals surface area contributed by atoms with Crippen LogP contribution < -0.4 is 10.1 Å². The molecular weight excluding hydrogens is 258 g/mol. The molecule has 1 N–H and O–H groups in total. The van der Waals surface area contributed by atoms with Crippen LogP contribution in [0, 0.1) is 0 Å². The van der Waals surface area contributed by atoms with Crippen LogP contribution in [0.2, 0.25) is 0 Å². The first-order valence-corrected chi connectivity index (χ1v) is 5.72. The summed E-state index contributed by atoms with van der Waals surface area (Å²) in [6.45, 7) is 0. The number of benzene rings is 1. The minimum absolute atomic E-state index is 0.231. The molecule has 1 aromatic rings. The van der Waals surface area contributed by atoms with Crippen LogP contribution in [0.1, 0.15) is 10.4 Å². The number of carbonyl (C=O) groups is 2. The zero-order chi connectivity index (χ0) is 13.5. The van der Waals surface area contributed by atoms with Crippen LogP contribution in [0.5, 0.6) is 5.75 Å². The van der Waals surface area contributed by atoms with E-state index in [0.29, 0.717) is 11.3 Å². The van der Waals surface area contributed by atoms with Gasteiger partial charge in [-0.15, -0.1) is 11.6 Å². The van der Waals surface area contributed by atoms with Crippen LogP contribution in [-0.4, -0.2) is 38.0 Å². The van der Waals surface area contributed by atoms with Gasteiger partial charge < -0.3 is 14.8 Å². The first-order valence-electron chi connectivity index (χ1n) is 5.18. The van der Waals surface area contributed by atoms with Crippen molar-refractivity contribution in [1.29, 1.82) is 0 Å². The van der Waals surface area contributed by atoms with E-state index in [4.69, 9.17) is 21.1 Å². The van der Waals surface area contributed by atoms with E-state index in [1.165, 1.54) is 14.2 Å². The predicted molar refractivity (Wildman–Crippen MR) is 67.0 cm³/mol. The molecule has 0 saturated heterocycles. The number of nitrogens with one attached hydrogen (secondary N) is 1. The largest absolute Gasteiger partial charge is 0.497 e. The zero-order valence-corrected chi connectivity index (χ0v) is 10.9. The van der Waals surface area contributed by atoms with E-state index in [-0.39, 0.29) is 11.7 Å². The Balaban J connectivity index is 2.85. The third kappa shape index (κ3) is 3.72. The first kappa shape index (κ1) is 14.5. The summed E-state index contributed by atoms with van der Waals surface area (Å²) >= 11 is 5.35. The van der Waals surface area contributed by atoms with E-state index in [2.05, 4.69) is 5.32 Å². The van der Waals surface area contributed by atoms with Gasteiger partial charge in [-0.3, -0.25) is 9.59 Å². The molecule has 5 nitrogen and oxygen atoms in total. The fourth-order valence-electron chi connectivity index (χ4n) is 1.34. The number of hydrogen-bond donors (Lipinski definition) is 1. The first-order chi connectivity index (χ1) is 8.62. The molecule has 6 heteroatoms. The van der Waals surface area contributed by atoms with Gasteiger partial charge in [0.05, 0.1) is 7.11 Å². The molecule has 0 aromatic heterocycles. The minimum atomic E-state index is -1.05. The average Bonchev–Trinajstić information content (AvgIpc) is 2.43. The molecule has 0 bridgehead atoms. The SMILES string of the molecule is COc1cccc(C(=O)C(NC(=O)CCl)OC)c1. The number of amides is 1. The lowest BCUT2D eigenvalue weighted by Gasteiger charge is -2.15. The molecule has 0 fully saturated rings. The van der Waals surface area contributed by atoms with Crippen LogP contribution in [0.3, 0.4) is 0 Å². The topological polar surface area (TPSA) is 64.6 Å². The molecule has 0 spiro atoms. The summed E-state index contributed by atoms with van der Waals surface area (Å²) in [7, 11) is 2.84. The molecule has 0 aliphatic rings. The smallest absolute Gasteiger partial charge is 0.237 e. The molecule has 98 valence electrons. The number of ketones is 1. The molecule has 18 heavy (non-hydrogen) atoms. The van der Waals surface area contributed by atoms with Crippen molar-refractivity contribution in [1.82, 2.24) is 5.32 Å². The Morgan fingerprint density at radius 3 is 2.67 bits per heavy atom. The maximum atomic E-state index is 12.1. The predicted octanol–water partition coefficient (Wildman–Crippen LogP) is 1.21. The third-order valence-electron chi connectivity index (χ3n) is 2.24. The van der Waals surface area contributed by atoms with E-state index in [1.807, 2.05) is 0 Å². The van der Waals surface area contributed by atoms with E-state index in [1.54, 1.807) is 24.3 Å². The molecule has 1 aromatic carbocycles. The molecular formula is C12H14ClNO4. The zero-order valence-electron chi connectivity index (χ0n) is 10.1. The van der Waals surface area contributed by atoms with E-state index in [9.17, 15) is 9.59 Å². The quantitative estimate of drug-likeness (QED) is 0.480. The van der Waals surface area contributed by atoms with Crippen molar-refractivity contribution >= 4 is 23.3 Å². The maximum Gasteiger partial charge on any atom is 0.237 e. The Kier molecular flexibility index (Phi) is 5.61. The fourth-order valence-corrected chi connectivity index (χ4v) is 1.42. The highest BCUT2D eigenvalue weighted by Gasteiger charge is 2.21. The number of Topliss-reactive ketones (excluding diaryl/α,β-unsaturated/α-hetero) is 1. The van der Waals surface area contributed by atoms with Crippen molar-refractivity contribution in [2.45, 2.75) is 6.23 Å². The van der Waals surface area contributed by atoms with Gasteiger partial charge in [-0.05, 0) is 12.1 Å². The van der Waals surface area contributed by atoms with Crippen LogP contribution in [0.15, 0.2) is 24.3 Å². The summed E-state index contributed by atoms with van der Waals surface area (Å²) < 4.78 is 9.95. The van der Waals surface area contributed by atoms with E-state index >= 15 is 0 Å². The highest BCUT2D eigenvalue weighted by atomic mass is 35.5. The molecule has 0 saturated carbocycles. The Labute approximate surface area is 110 Å². The van der Waals surface area contributed by atoms with Crippen LogP contribution >= 0.6 is 11.6 Å². The highest BCUT2D eigenvalue weighted by molar-refractivity contribution is 6.27. The van der Waals surface area contributed by atoms with Crippen LogP contribution in [0.25, 0.3) is 0 Å². The fraction of sp³-hybridized carbons (Fsp3) is 0.333. The monoisotopic (exact) mass is 271 g/mol. The van der Waals surface area contributed by atoms with Gasteiger partial charge in [0.25, 0.3) is 0 Å². The van der Waals surface area contributed by atoms with Gasteiger partial charge in [-0.25, -0.2) is 0 Å². The summed E-state index contributed by atoms with van der Waals surface area (Å²) in [5.41, 5.74) is 0.385. The lowest BCUT2D eigenvalue weighted by Crippen LogP contribution is -2.42. The van der Waals surface area contributed by atoms with Crippen molar-refractivity contribution < 1.29 is 19.1 Å². The Hall–Kier alpha value is -1.59. The second-order valence-corrected chi connectivity index (χ2v) is 3.68. The molecule has 0 heterocycles. The van der Waals surface area contributed by atoms with E-state index in [0.717, 1.165) is 0 Å². The van der Waals surface area contributed by atoms with Crippen molar-refractivity contribution in [3.05, 3.63) is 29.8 Å². The maximum absolute atomic E-state index is 12.1. The molecule has 1 rings (SSSR count). The number of alkyl halides is 1. The van der Waals surface area contributed by atoms with E-state index < -0.39 is 12.1 Å². The number of carbonyl (C=O) groups excluding carboxylic acids is 2. The van der Waals surface area contributed by atoms with Crippen molar-refractivity contribution in [2.24, 2.45) is 0 Å². The summed E-state index contributed by atoms with van der Waals surface area (Å²) in [5.74, 6) is -0.514. The molecule has 1 amide bonds.